The van der Waals surface area contributed by atoms with Crippen molar-refractivity contribution < 1.29 is 14.6 Å². The van der Waals surface area contributed by atoms with E-state index in [1.54, 1.807) is 0 Å². The van der Waals surface area contributed by atoms with Crippen molar-refractivity contribution in [3.8, 4) is 22.8 Å². The third-order valence-electron chi connectivity index (χ3n) is 7.48. The Bertz CT molecular complexity index is 1230. The van der Waals surface area contributed by atoms with Crippen LogP contribution in [0.4, 0.5) is 5.82 Å². The van der Waals surface area contributed by atoms with Gasteiger partial charge in [0, 0.05) is 44.9 Å². The standard InChI is InChI=1S/C30H38N4O3/c1-21-24(19-37-29-12-11-23-17-31-20-33(3)30(23)32-29)7-4-8-26(21)27-9-5-10-28(22(27)2)36-16-6-14-34-15-13-25(35)18-34/h4-5,7-12,25,31,35H,6,13-20H2,1-3H3/t25-/m1/s1. The average Bonchev–Trinajstić information content (AvgIpc) is 3.32. The Kier molecular flexibility index (Phi) is 7.93. The first-order valence-corrected chi connectivity index (χ1v) is 13.3. The molecular formula is C30H38N4O3. The van der Waals surface area contributed by atoms with Gasteiger partial charge in [0.25, 0.3) is 0 Å². The van der Waals surface area contributed by atoms with Gasteiger partial charge in [0.05, 0.1) is 19.4 Å². The summed E-state index contributed by atoms with van der Waals surface area (Å²) in [6, 6.07) is 16.7. The quantitative estimate of drug-likeness (QED) is 0.423. The molecule has 2 aliphatic heterocycles. The van der Waals surface area contributed by atoms with Crippen LogP contribution in [-0.2, 0) is 13.2 Å². The zero-order valence-electron chi connectivity index (χ0n) is 22.2. The topological polar surface area (TPSA) is 70.1 Å². The number of fused-ring (bicyclic) bond motifs is 1. The van der Waals surface area contributed by atoms with Crippen LogP contribution in [0.2, 0.25) is 0 Å². The molecule has 0 bridgehead atoms. The normalized spacial score (nSPS) is 17.6. The Morgan fingerprint density at radius 3 is 2.65 bits per heavy atom. The van der Waals surface area contributed by atoms with Gasteiger partial charge >= 0.3 is 0 Å². The lowest BCUT2D eigenvalue weighted by molar-refractivity contribution is 0.173. The number of nitrogens with zero attached hydrogens (tertiary/aromatic N) is 3. The van der Waals surface area contributed by atoms with Crippen LogP contribution in [0, 0.1) is 13.8 Å². The van der Waals surface area contributed by atoms with Gasteiger partial charge in [0.2, 0.25) is 5.88 Å². The van der Waals surface area contributed by atoms with Crippen molar-refractivity contribution in [1.29, 1.82) is 0 Å². The van der Waals surface area contributed by atoms with Gasteiger partial charge in [-0.15, -0.1) is 0 Å². The Hall–Kier alpha value is -3.13. The highest BCUT2D eigenvalue weighted by atomic mass is 16.5. The van der Waals surface area contributed by atoms with Crippen molar-refractivity contribution in [1.82, 2.24) is 15.2 Å². The van der Waals surface area contributed by atoms with E-state index in [4.69, 9.17) is 14.5 Å². The first-order valence-electron chi connectivity index (χ1n) is 13.3. The van der Waals surface area contributed by atoms with Gasteiger partial charge in [-0.05, 0) is 66.6 Å². The molecule has 1 fully saturated rings. The molecule has 5 rings (SSSR count). The van der Waals surface area contributed by atoms with Gasteiger partial charge in [-0.2, -0.15) is 4.98 Å². The van der Waals surface area contributed by atoms with E-state index in [1.807, 2.05) is 13.1 Å². The maximum atomic E-state index is 9.71. The molecule has 0 saturated carbocycles. The fraction of sp³-hybridized carbons (Fsp3) is 0.433. The number of aliphatic hydroxyl groups excluding tert-OH is 1. The van der Waals surface area contributed by atoms with Gasteiger partial charge in [-0.3, -0.25) is 5.32 Å². The van der Waals surface area contributed by atoms with Crippen LogP contribution in [-0.4, -0.2) is 61.1 Å². The van der Waals surface area contributed by atoms with Gasteiger partial charge in [-0.25, -0.2) is 0 Å². The van der Waals surface area contributed by atoms with E-state index < -0.39 is 0 Å². The van der Waals surface area contributed by atoms with Gasteiger partial charge in [-0.1, -0.05) is 30.3 Å². The number of β-amino-alcohol motifs (C(OH)–C–C–N with tert-alkyl or cyclic N) is 1. The SMILES string of the molecule is Cc1c(COc2ccc3c(n2)N(C)CNC3)cccc1-c1cccc(OCCCN2CC[C@@H](O)C2)c1C. The monoisotopic (exact) mass is 502 g/mol. The summed E-state index contributed by atoms with van der Waals surface area (Å²) >= 11 is 0. The number of pyridine rings is 1. The molecule has 1 atom stereocenters. The number of rotatable bonds is 9. The summed E-state index contributed by atoms with van der Waals surface area (Å²) in [5.41, 5.74) is 7.06. The minimum atomic E-state index is -0.169. The van der Waals surface area contributed by atoms with Crippen LogP contribution in [0.3, 0.4) is 0 Å². The molecule has 2 aromatic carbocycles. The third kappa shape index (κ3) is 5.90. The summed E-state index contributed by atoms with van der Waals surface area (Å²) in [5.74, 6) is 2.55. The maximum absolute atomic E-state index is 9.71. The van der Waals surface area contributed by atoms with Gasteiger partial charge in [0.15, 0.2) is 0 Å². The highest BCUT2D eigenvalue weighted by molar-refractivity contribution is 5.73. The summed E-state index contributed by atoms with van der Waals surface area (Å²) in [6.07, 6.45) is 1.66. The van der Waals surface area contributed by atoms with E-state index in [2.05, 4.69) is 71.4 Å². The molecule has 0 spiro atoms. The lowest BCUT2D eigenvalue weighted by Gasteiger charge is -2.27. The zero-order chi connectivity index (χ0) is 25.8. The van der Waals surface area contributed by atoms with Crippen molar-refractivity contribution in [3.05, 3.63) is 70.8 Å². The summed E-state index contributed by atoms with van der Waals surface area (Å²) in [6.45, 7) is 9.77. The van der Waals surface area contributed by atoms with Crippen LogP contribution in [0.15, 0.2) is 48.5 Å². The molecule has 7 nitrogen and oxygen atoms in total. The second-order valence-electron chi connectivity index (χ2n) is 10.2. The number of benzene rings is 2. The Morgan fingerprint density at radius 2 is 1.84 bits per heavy atom. The number of hydrogen-bond donors (Lipinski definition) is 2. The minimum Gasteiger partial charge on any atom is -0.493 e. The second-order valence-corrected chi connectivity index (χ2v) is 10.2. The molecule has 0 aliphatic carbocycles. The molecule has 3 aromatic rings. The smallest absolute Gasteiger partial charge is 0.215 e. The molecule has 2 aliphatic rings. The zero-order valence-corrected chi connectivity index (χ0v) is 22.2. The Morgan fingerprint density at radius 1 is 1.03 bits per heavy atom. The number of aromatic nitrogens is 1. The van der Waals surface area contributed by atoms with Crippen LogP contribution in [0.25, 0.3) is 11.1 Å². The largest absolute Gasteiger partial charge is 0.493 e. The second kappa shape index (κ2) is 11.5. The number of anilines is 1. The number of aliphatic hydroxyl groups is 1. The summed E-state index contributed by atoms with van der Waals surface area (Å²) in [7, 11) is 2.04. The molecule has 1 aromatic heterocycles. The van der Waals surface area contributed by atoms with Crippen LogP contribution >= 0.6 is 0 Å². The summed E-state index contributed by atoms with van der Waals surface area (Å²) in [4.78, 5) is 9.15. The molecule has 2 N–H and O–H groups in total. The van der Waals surface area contributed by atoms with E-state index in [-0.39, 0.29) is 6.10 Å². The van der Waals surface area contributed by atoms with Crippen LogP contribution in [0.5, 0.6) is 11.6 Å². The fourth-order valence-corrected chi connectivity index (χ4v) is 5.27. The molecule has 0 amide bonds. The maximum Gasteiger partial charge on any atom is 0.215 e. The molecule has 0 unspecified atom stereocenters. The lowest BCUT2D eigenvalue weighted by atomic mass is 9.93. The van der Waals surface area contributed by atoms with Gasteiger partial charge < -0.3 is 24.4 Å². The van der Waals surface area contributed by atoms with Crippen molar-refractivity contribution in [2.45, 2.75) is 45.9 Å². The van der Waals surface area contributed by atoms with Crippen molar-refractivity contribution in [2.75, 3.05) is 44.9 Å². The average molecular weight is 503 g/mol. The summed E-state index contributed by atoms with van der Waals surface area (Å²) in [5, 5.41) is 13.1. The predicted molar refractivity (Wildman–Crippen MR) is 147 cm³/mol. The Labute approximate surface area is 220 Å². The van der Waals surface area contributed by atoms with Crippen LogP contribution in [0.1, 0.15) is 35.1 Å². The van der Waals surface area contributed by atoms with E-state index >= 15 is 0 Å². The molecule has 3 heterocycles. The van der Waals surface area contributed by atoms with E-state index in [0.717, 1.165) is 68.4 Å². The first-order chi connectivity index (χ1) is 18.0. The lowest BCUT2D eigenvalue weighted by Crippen LogP contribution is -2.36. The summed E-state index contributed by atoms with van der Waals surface area (Å²) < 4.78 is 12.3. The molecule has 196 valence electrons. The third-order valence-corrected chi connectivity index (χ3v) is 7.48. The van der Waals surface area contributed by atoms with E-state index in [0.29, 0.717) is 19.1 Å². The van der Waals surface area contributed by atoms with Crippen LogP contribution < -0.4 is 19.7 Å². The van der Waals surface area contributed by atoms with Crippen molar-refractivity contribution >= 4 is 5.82 Å². The molecule has 0 radical (unpaired) electrons. The number of nitrogens with one attached hydrogen (secondary N) is 1. The molecule has 7 heteroatoms. The fourth-order valence-electron chi connectivity index (χ4n) is 5.27. The highest BCUT2D eigenvalue weighted by Gasteiger charge is 2.19. The van der Waals surface area contributed by atoms with E-state index in [1.165, 1.54) is 22.3 Å². The number of likely N-dealkylation sites (tertiary alicyclic amines) is 1. The molecule has 1 saturated heterocycles. The predicted octanol–water partition coefficient (Wildman–Crippen LogP) is 4.28. The number of hydrogen-bond acceptors (Lipinski definition) is 7. The van der Waals surface area contributed by atoms with Gasteiger partial charge in [0.1, 0.15) is 18.2 Å². The molecule has 37 heavy (non-hydrogen) atoms. The molecular weight excluding hydrogens is 464 g/mol. The van der Waals surface area contributed by atoms with E-state index in [9.17, 15) is 5.11 Å². The Balaban J connectivity index is 1.25. The highest BCUT2D eigenvalue weighted by Crippen LogP contribution is 2.33. The van der Waals surface area contributed by atoms with Crippen molar-refractivity contribution in [3.63, 3.8) is 0 Å². The minimum absolute atomic E-state index is 0.169. The van der Waals surface area contributed by atoms with Crippen molar-refractivity contribution in [2.24, 2.45) is 0 Å². The number of ether oxygens (including phenoxy) is 2. The first kappa shape index (κ1) is 25.5.